The van der Waals surface area contributed by atoms with Gasteiger partial charge < -0.3 is 9.64 Å². The first kappa shape index (κ1) is 15.0. The van der Waals surface area contributed by atoms with E-state index in [-0.39, 0.29) is 17.3 Å². The van der Waals surface area contributed by atoms with Crippen molar-refractivity contribution < 1.29 is 17.9 Å². The summed E-state index contributed by atoms with van der Waals surface area (Å²) in [4.78, 5) is 13.7. The van der Waals surface area contributed by atoms with Gasteiger partial charge >= 0.3 is 0 Å². The number of nitrogens with zero attached hydrogens (tertiary/aromatic N) is 1. The van der Waals surface area contributed by atoms with Crippen molar-refractivity contribution in [3.8, 4) is 0 Å². The zero-order valence-corrected chi connectivity index (χ0v) is 12.1. The van der Waals surface area contributed by atoms with Crippen LogP contribution in [0.15, 0.2) is 29.2 Å². The lowest BCUT2D eigenvalue weighted by Crippen LogP contribution is -2.45. The zero-order chi connectivity index (χ0) is 14.6. The van der Waals surface area contributed by atoms with Gasteiger partial charge in [0.25, 0.3) is 0 Å². The summed E-state index contributed by atoms with van der Waals surface area (Å²) in [5.41, 5.74) is 0.652. The van der Waals surface area contributed by atoms with E-state index >= 15 is 0 Å². The summed E-state index contributed by atoms with van der Waals surface area (Å²) in [5, 5.41) is 0. The van der Waals surface area contributed by atoms with Gasteiger partial charge in [-0.25, -0.2) is 13.1 Å². The number of carbonyl (C=O) groups excluding carboxylic acids is 1. The molecule has 0 unspecified atom stereocenters. The molecule has 0 bridgehead atoms. The third-order valence-corrected chi connectivity index (χ3v) is 4.72. The van der Waals surface area contributed by atoms with E-state index in [1.807, 2.05) is 0 Å². The number of nitrogens with one attached hydrogen (secondary N) is 1. The Balaban J connectivity index is 1.99. The van der Waals surface area contributed by atoms with Gasteiger partial charge in [-0.1, -0.05) is 18.2 Å². The molecule has 0 aromatic heterocycles. The Bertz CT molecular complexity index is 580. The molecule has 2 rings (SSSR count). The van der Waals surface area contributed by atoms with Gasteiger partial charge in [-0.2, -0.15) is 0 Å². The Hall–Kier alpha value is -1.44. The monoisotopic (exact) mass is 298 g/mol. The number of benzene rings is 1. The lowest BCUT2D eigenvalue weighted by atomic mass is 10.2. The van der Waals surface area contributed by atoms with Gasteiger partial charge in [0, 0.05) is 13.1 Å². The second kappa shape index (κ2) is 6.34. The first-order valence-electron chi connectivity index (χ1n) is 6.41. The van der Waals surface area contributed by atoms with Gasteiger partial charge in [0.05, 0.1) is 24.7 Å². The Morgan fingerprint density at radius 1 is 1.30 bits per heavy atom. The molecule has 1 N–H and O–H groups in total. The van der Waals surface area contributed by atoms with Crippen LogP contribution >= 0.6 is 0 Å². The fourth-order valence-electron chi connectivity index (χ4n) is 2.02. The summed E-state index contributed by atoms with van der Waals surface area (Å²) in [6.45, 7) is 3.50. The van der Waals surface area contributed by atoms with E-state index in [1.165, 1.54) is 6.07 Å². The predicted molar refractivity (Wildman–Crippen MR) is 73.8 cm³/mol. The molecule has 1 saturated heterocycles. The summed E-state index contributed by atoms with van der Waals surface area (Å²) < 4.78 is 31.8. The van der Waals surface area contributed by atoms with Gasteiger partial charge in [-0.15, -0.1) is 0 Å². The molecule has 110 valence electrons. The van der Waals surface area contributed by atoms with Crippen molar-refractivity contribution in [3.05, 3.63) is 29.8 Å². The predicted octanol–water partition coefficient (Wildman–Crippen LogP) is 0.132. The number of hydrogen-bond acceptors (Lipinski definition) is 4. The molecule has 7 heteroatoms. The fraction of sp³-hybridized carbons (Fsp3) is 0.462. The van der Waals surface area contributed by atoms with Crippen LogP contribution in [0, 0.1) is 6.92 Å². The van der Waals surface area contributed by atoms with Crippen LogP contribution in [0.4, 0.5) is 0 Å². The molecule has 1 aromatic rings. The van der Waals surface area contributed by atoms with E-state index in [2.05, 4.69) is 4.72 Å². The largest absolute Gasteiger partial charge is 0.378 e. The van der Waals surface area contributed by atoms with Crippen LogP contribution < -0.4 is 4.72 Å². The van der Waals surface area contributed by atoms with Crippen LogP contribution in [-0.4, -0.2) is 52.1 Å². The number of sulfonamides is 1. The number of morpholine rings is 1. The van der Waals surface area contributed by atoms with Crippen LogP contribution in [0.2, 0.25) is 0 Å². The molecule has 6 nitrogen and oxygen atoms in total. The number of amides is 1. The molecule has 1 aliphatic rings. The van der Waals surface area contributed by atoms with E-state index in [9.17, 15) is 13.2 Å². The molecule has 1 aliphatic heterocycles. The van der Waals surface area contributed by atoms with E-state index in [0.29, 0.717) is 31.9 Å². The highest BCUT2D eigenvalue weighted by molar-refractivity contribution is 7.89. The second-order valence-electron chi connectivity index (χ2n) is 4.58. The summed E-state index contributed by atoms with van der Waals surface area (Å²) >= 11 is 0. The normalized spacial score (nSPS) is 16.1. The highest BCUT2D eigenvalue weighted by Gasteiger charge is 2.21. The van der Waals surface area contributed by atoms with Gasteiger partial charge in [0.15, 0.2) is 0 Å². The minimum absolute atomic E-state index is 0.203. The van der Waals surface area contributed by atoms with Gasteiger partial charge in [-0.05, 0) is 18.6 Å². The number of carbonyl (C=O) groups is 1. The van der Waals surface area contributed by atoms with Crippen LogP contribution in [-0.2, 0) is 19.6 Å². The van der Waals surface area contributed by atoms with Crippen molar-refractivity contribution in [1.29, 1.82) is 0 Å². The molecular formula is C13H18N2O4S. The van der Waals surface area contributed by atoms with Crippen molar-refractivity contribution in [1.82, 2.24) is 9.62 Å². The number of ether oxygens (including phenoxy) is 1. The van der Waals surface area contributed by atoms with Gasteiger partial charge in [0.2, 0.25) is 15.9 Å². The molecule has 1 heterocycles. The van der Waals surface area contributed by atoms with E-state index < -0.39 is 10.0 Å². The summed E-state index contributed by atoms with van der Waals surface area (Å²) in [6, 6.07) is 6.67. The van der Waals surface area contributed by atoms with Crippen LogP contribution in [0.25, 0.3) is 0 Å². The molecule has 0 atom stereocenters. The number of rotatable bonds is 4. The molecule has 1 fully saturated rings. The topological polar surface area (TPSA) is 75.7 Å². The zero-order valence-electron chi connectivity index (χ0n) is 11.3. The maximum absolute atomic E-state index is 12.1. The first-order valence-corrected chi connectivity index (χ1v) is 7.90. The molecule has 0 aliphatic carbocycles. The molecular weight excluding hydrogens is 280 g/mol. The summed E-state index contributed by atoms with van der Waals surface area (Å²) in [6.07, 6.45) is 0. The Kier molecular flexibility index (Phi) is 4.74. The van der Waals surface area contributed by atoms with Crippen LogP contribution in [0.1, 0.15) is 5.56 Å². The minimum Gasteiger partial charge on any atom is -0.378 e. The fourth-order valence-corrected chi connectivity index (χ4v) is 3.24. The number of hydrogen-bond donors (Lipinski definition) is 1. The summed E-state index contributed by atoms with van der Waals surface area (Å²) in [5.74, 6) is -0.231. The highest BCUT2D eigenvalue weighted by Crippen LogP contribution is 2.13. The highest BCUT2D eigenvalue weighted by atomic mass is 32.2. The van der Waals surface area contributed by atoms with Crippen molar-refractivity contribution >= 4 is 15.9 Å². The Morgan fingerprint density at radius 3 is 2.60 bits per heavy atom. The smallest absolute Gasteiger partial charge is 0.241 e. The Labute approximate surface area is 118 Å². The molecule has 0 radical (unpaired) electrons. The van der Waals surface area contributed by atoms with Crippen LogP contribution in [0.5, 0.6) is 0 Å². The van der Waals surface area contributed by atoms with Gasteiger partial charge in [0.1, 0.15) is 0 Å². The standard InChI is InChI=1S/C13H18N2O4S/c1-11-4-2-3-5-12(11)20(17,18)14-10-13(16)15-6-8-19-9-7-15/h2-5,14H,6-10H2,1H3. The van der Waals surface area contributed by atoms with E-state index in [4.69, 9.17) is 4.74 Å². The molecule has 1 amide bonds. The average molecular weight is 298 g/mol. The van der Waals surface area contributed by atoms with E-state index in [1.54, 1.807) is 30.0 Å². The van der Waals surface area contributed by atoms with Crippen molar-refractivity contribution in [2.75, 3.05) is 32.8 Å². The van der Waals surface area contributed by atoms with Crippen molar-refractivity contribution in [2.24, 2.45) is 0 Å². The quantitative estimate of drug-likeness (QED) is 0.857. The maximum Gasteiger partial charge on any atom is 0.241 e. The lowest BCUT2D eigenvalue weighted by molar-refractivity contribution is -0.133. The molecule has 20 heavy (non-hydrogen) atoms. The molecule has 1 aromatic carbocycles. The second-order valence-corrected chi connectivity index (χ2v) is 6.32. The number of aryl methyl sites for hydroxylation is 1. The SMILES string of the molecule is Cc1ccccc1S(=O)(=O)NCC(=O)N1CCOCC1. The summed E-state index contributed by atoms with van der Waals surface area (Å²) in [7, 11) is -3.65. The van der Waals surface area contributed by atoms with Crippen molar-refractivity contribution in [2.45, 2.75) is 11.8 Å². The Morgan fingerprint density at radius 2 is 1.95 bits per heavy atom. The minimum atomic E-state index is -3.65. The molecule has 0 saturated carbocycles. The lowest BCUT2D eigenvalue weighted by Gasteiger charge is -2.26. The first-order chi connectivity index (χ1) is 9.50. The van der Waals surface area contributed by atoms with Crippen molar-refractivity contribution in [3.63, 3.8) is 0 Å². The third-order valence-electron chi connectivity index (χ3n) is 3.16. The molecule has 0 spiro atoms. The average Bonchev–Trinajstić information content (AvgIpc) is 2.46. The third kappa shape index (κ3) is 3.56. The van der Waals surface area contributed by atoms with Gasteiger partial charge in [-0.3, -0.25) is 4.79 Å². The van der Waals surface area contributed by atoms with Crippen LogP contribution in [0.3, 0.4) is 0 Å². The van der Waals surface area contributed by atoms with E-state index in [0.717, 1.165) is 0 Å². The maximum atomic E-state index is 12.1.